The van der Waals surface area contributed by atoms with Crippen molar-refractivity contribution < 1.29 is 22.7 Å². The topological polar surface area (TPSA) is 80.6 Å². The van der Waals surface area contributed by atoms with Crippen molar-refractivity contribution in [1.82, 2.24) is 14.5 Å². The molecule has 1 N–H and O–H groups in total. The summed E-state index contributed by atoms with van der Waals surface area (Å²) in [5.74, 6) is -2.16. The average molecular weight is 520 g/mol. The Bertz CT molecular complexity index is 1190. The predicted octanol–water partition coefficient (Wildman–Crippen LogP) is 5.55. The number of aromatic amines is 1. The normalized spacial score (nSPS) is 21.4. The van der Waals surface area contributed by atoms with Gasteiger partial charge in [-0.05, 0) is 37.5 Å². The fourth-order valence-corrected chi connectivity index (χ4v) is 5.52. The van der Waals surface area contributed by atoms with E-state index in [-0.39, 0.29) is 41.0 Å². The number of aromatic nitrogens is 2. The van der Waals surface area contributed by atoms with Gasteiger partial charge in [0.15, 0.2) is 6.10 Å². The van der Waals surface area contributed by atoms with Crippen LogP contribution in [0.5, 0.6) is 0 Å². The molecule has 0 saturated carbocycles. The van der Waals surface area contributed by atoms with Gasteiger partial charge in [-0.25, -0.2) is 23.0 Å². The van der Waals surface area contributed by atoms with Crippen LogP contribution in [-0.4, -0.2) is 39.9 Å². The number of benzene rings is 2. The summed E-state index contributed by atoms with van der Waals surface area (Å²) in [7, 11) is 0. The van der Waals surface area contributed by atoms with Crippen molar-refractivity contribution in [3.63, 3.8) is 0 Å². The number of H-pyrrole nitrogens is 1. The summed E-state index contributed by atoms with van der Waals surface area (Å²) in [5.41, 5.74) is 1.40. The monoisotopic (exact) mass is 519 g/mol. The van der Waals surface area contributed by atoms with Gasteiger partial charge in [0, 0.05) is 29.0 Å². The molecule has 10 heteroatoms. The fraction of sp³-hybridized carbons (Fsp3) is 0.462. The van der Waals surface area contributed by atoms with E-state index in [1.165, 1.54) is 11.6 Å². The molecule has 2 aliphatic heterocycles. The molecule has 2 saturated heterocycles. The van der Waals surface area contributed by atoms with Gasteiger partial charge in [-0.15, -0.1) is 5.10 Å². The molecule has 0 bridgehead atoms. The van der Waals surface area contributed by atoms with Crippen molar-refractivity contribution in [3.8, 4) is 0 Å². The molecule has 7 nitrogen and oxygen atoms in total. The highest BCUT2D eigenvalue weighted by atomic mass is 32.2. The minimum absolute atomic E-state index is 0.0788. The van der Waals surface area contributed by atoms with Gasteiger partial charge in [0.1, 0.15) is 17.7 Å². The minimum atomic E-state index is -1.16. The smallest absolute Gasteiger partial charge is 0.389 e. The lowest BCUT2D eigenvalue weighted by atomic mass is 10.0. The summed E-state index contributed by atoms with van der Waals surface area (Å²) in [6.07, 6.45) is 0.504. The number of hydrogen-bond donors (Lipinski definition) is 1. The summed E-state index contributed by atoms with van der Waals surface area (Å²) in [5, 5.41) is 6.18. The Morgan fingerprint density at radius 1 is 1.17 bits per heavy atom. The van der Waals surface area contributed by atoms with Crippen molar-refractivity contribution in [2.24, 2.45) is 0 Å². The molecule has 2 aliphatic rings. The Labute approximate surface area is 213 Å². The van der Waals surface area contributed by atoms with Crippen molar-refractivity contribution in [3.05, 3.63) is 87.2 Å². The molecular weight excluding hydrogens is 488 g/mol. The largest absolute Gasteiger partial charge is 0.434 e. The van der Waals surface area contributed by atoms with Gasteiger partial charge in [0.05, 0.1) is 13.2 Å². The summed E-state index contributed by atoms with van der Waals surface area (Å²) in [4.78, 5) is 11.4. The lowest BCUT2D eigenvalue weighted by Gasteiger charge is -2.37. The van der Waals surface area contributed by atoms with Crippen LogP contribution in [0.15, 0.2) is 51.7 Å². The molecule has 2 unspecified atom stereocenters. The lowest BCUT2D eigenvalue weighted by Crippen LogP contribution is -2.37. The van der Waals surface area contributed by atoms with Crippen LogP contribution < -0.4 is 5.76 Å². The van der Waals surface area contributed by atoms with Crippen LogP contribution in [0.25, 0.3) is 0 Å². The second-order valence-corrected chi connectivity index (χ2v) is 9.85. The lowest BCUT2D eigenvalue weighted by molar-refractivity contribution is -0.152. The molecule has 0 spiro atoms. The van der Waals surface area contributed by atoms with Gasteiger partial charge in [-0.2, -0.15) is 0 Å². The Kier molecular flexibility index (Phi) is 8.95. The maximum Gasteiger partial charge on any atom is 0.434 e. The van der Waals surface area contributed by atoms with Crippen LogP contribution in [0.2, 0.25) is 0 Å². The van der Waals surface area contributed by atoms with Crippen LogP contribution in [-0.2, 0) is 16.0 Å². The van der Waals surface area contributed by atoms with E-state index < -0.39 is 23.5 Å². The molecule has 5 rings (SSSR count). The molecule has 0 amide bonds. The number of hydrogen-bond acceptors (Lipinski definition) is 7. The fourth-order valence-electron chi connectivity index (χ4n) is 4.14. The maximum atomic E-state index is 15.3. The van der Waals surface area contributed by atoms with Gasteiger partial charge in [0.2, 0.25) is 0 Å². The molecule has 194 valence electrons. The van der Waals surface area contributed by atoms with Crippen LogP contribution in [0.4, 0.5) is 8.78 Å². The number of ether oxygens (including phenoxy) is 2. The first kappa shape index (κ1) is 26.5. The highest BCUT2D eigenvalue weighted by molar-refractivity contribution is 7.97. The first-order valence-electron chi connectivity index (χ1n) is 12.2. The van der Waals surface area contributed by atoms with Crippen molar-refractivity contribution >= 4 is 11.9 Å². The van der Waals surface area contributed by atoms with Crippen LogP contribution in [0.3, 0.4) is 0 Å². The third-order valence-corrected chi connectivity index (χ3v) is 7.68. The summed E-state index contributed by atoms with van der Waals surface area (Å²) >= 11 is 1.67. The quantitative estimate of drug-likeness (QED) is 0.410. The molecule has 3 atom stereocenters. The second kappa shape index (κ2) is 12.1. The van der Waals surface area contributed by atoms with Gasteiger partial charge in [-0.1, -0.05) is 56.1 Å². The molecule has 3 aromatic rings. The van der Waals surface area contributed by atoms with Crippen molar-refractivity contribution in [2.75, 3.05) is 13.2 Å². The van der Waals surface area contributed by atoms with Crippen LogP contribution >= 0.6 is 11.9 Å². The molecule has 0 aliphatic carbocycles. The predicted molar refractivity (Wildman–Crippen MR) is 133 cm³/mol. The van der Waals surface area contributed by atoms with E-state index >= 15 is 8.78 Å². The Morgan fingerprint density at radius 3 is 2.56 bits per heavy atom. The van der Waals surface area contributed by atoms with Gasteiger partial charge in [-0.3, -0.25) is 0 Å². The molecule has 1 aromatic heterocycles. The molecule has 36 heavy (non-hydrogen) atoms. The molecule has 2 aromatic carbocycles. The van der Waals surface area contributed by atoms with Gasteiger partial charge >= 0.3 is 5.76 Å². The summed E-state index contributed by atoms with van der Waals surface area (Å²) in [6.45, 7) is 7.00. The first-order valence-corrected chi connectivity index (χ1v) is 13.1. The molecule has 0 radical (unpaired) electrons. The van der Waals surface area contributed by atoms with Crippen molar-refractivity contribution in [2.45, 2.75) is 63.7 Å². The van der Waals surface area contributed by atoms with Crippen LogP contribution in [0.1, 0.15) is 67.5 Å². The van der Waals surface area contributed by atoms with E-state index in [4.69, 9.17) is 13.9 Å². The minimum Gasteiger partial charge on any atom is -0.389 e. The zero-order valence-electron chi connectivity index (χ0n) is 20.6. The third kappa shape index (κ3) is 6.05. The average Bonchev–Trinajstić information content (AvgIpc) is 3.30. The van der Waals surface area contributed by atoms with E-state index in [0.29, 0.717) is 13.2 Å². The third-order valence-electron chi connectivity index (χ3n) is 6.16. The van der Waals surface area contributed by atoms with E-state index in [1.54, 1.807) is 11.9 Å². The highest BCUT2D eigenvalue weighted by Gasteiger charge is 2.33. The molecule has 2 fully saturated rings. The Morgan fingerprint density at radius 2 is 1.92 bits per heavy atom. The summed E-state index contributed by atoms with van der Waals surface area (Å²) in [6, 6.07) is 12.7. The SMILES string of the molecule is CC.C[C@H]1CCC(c2ccccc2)SN1Cc1cc(F)c(C(OC2COC2)c2n[nH]c(=O)o2)cc1F. The number of halogens is 2. The zero-order valence-corrected chi connectivity index (χ0v) is 21.4. The van der Waals surface area contributed by atoms with E-state index in [9.17, 15) is 4.79 Å². The Balaban J connectivity index is 0.00000148. The van der Waals surface area contributed by atoms with Crippen LogP contribution in [0, 0.1) is 11.6 Å². The van der Waals surface area contributed by atoms with Gasteiger partial charge in [0.25, 0.3) is 5.89 Å². The van der Waals surface area contributed by atoms with Crippen molar-refractivity contribution in [1.29, 1.82) is 0 Å². The second-order valence-electron chi connectivity index (χ2n) is 8.60. The number of nitrogens with zero attached hydrogens (tertiary/aromatic N) is 2. The highest BCUT2D eigenvalue weighted by Crippen LogP contribution is 2.43. The zero-order chi connectivity index (χ0) is 25.7. The van der Waals surface area contributed by atoms with E-state index in [1.807, 2.05) is 32.0 Å². The van der Waals surface area contributed by atoms with Gasteiger partial charge < -0.3 is 13.9 Å². The number of nitrogens with one attached hydrogen (secondary N) is 1. The van der Waals surface area contributed by atoms with E-state index in [2.05, 4.69) is 33.6 Å². The molecular formula is C26H31F2N3O4S. The maximum absolute atomic E-state index is 15.3. The Hall–Kier alpha value is -2.53. The first-order chi connectivity index (χ1) is 17.5. The molecule has 3 heterocycles. The standard InChI is InChI=1S/C24H25F2N3O4S.C2H6/c1-14-7-8-21(15-5-3-2-4-6-15)34-29(14)11-16-9-20(26)18(10-19(16)25)22(32-17-12-31-13-17)23-27-28-24(30)33-23;1-2/h2-6,9-10,14,17,21-22H,7-8,11-13H2,1H3,(H,28,30);1-2H3/t14-,21?,22?;/m0./s1. The number of rotatable bonds is 7. The van der Waals surface area contributed by atoms with E-state index in [0.717, 1.165) is 18.9 Å². The summed E-state index contributed by atoms with van der Waals surface area (Å²) < 4.78 is 48.5.